The summed E-state index contributed by atoms with van der Waals surface area (Å²) in [5.74, 6) is -1.80. The molecule has 13 atom stereocenters. The van der Waals surface area contributed by atoms with Gasteiger partial charge in [-0.05, 0) is 163 Å². The van der Waals surface area contributed by atoms with Crippen LogP contribution in [0.3, 0.4) is 0 Å². The third-order valence-corrected chi connectivity index (χ3v) is 20.3. The standard InChI is InChI=1S/C77H97N7O9/c1-10-51-31-61-70(91-42-54-22-16-13-17-23-54)67(34-51)82-73(86)58-37-63(48(7)28-45(58)4)78-40-57(85)41-79-66-33-53(12-3)36-69(72(66)93-44-56-26-20-15-21-27-56)84-75(88)60-39-65(50(9)30-47(60)6)81-77(90)62-32-52(11-2)35-68(71(62)92-43-55-24-18-14-19-25-55)83-74(87)59-38-64(80-76(61)89)49(8)29-46(59)5/h13-27,31-36,45-50,57-60,63-65,78-79,85H,10-12,28-30,37-44H2,1-9H3,(H,80,89)(H,81,90)(H,82,86)(H,83,87)(H,84,88)/t45-,46-,47-,48+,49+,50+,57?,58?,59?,60-,63+,64+,65+/m1/s1. The molecule has 16 nitrogen and oxygen atoms in total. The fourth-order valence-corrected chi connectivity index (χ4v) is 14.6. The number of aliphatic hydroxyl groups is 1. The number of anilines is 4. The maximum atomic E-state index is 15.2. The molecular weight excluding hydrogens is 1170 g/mol. The van der Waals surface area contributed by atoms with Gasteiger partial charge in [0.15, 0.2) is 17.2 Å². The van der Waals surface area contributed by atoms with Gasteiger partial charge in [-0.2, -0.15) is 0 Å². The molecule has 6 aromatic carbocycles. The highest BCUT2D eigenvalue weighted by Crippen LogP contribution is 2.43. The number of aliphatic hydroxyl groups excluding tert-OH is 1. The first-order valence-electron chi connectivity index (χ1n) is 34.1. The Morgan fingerprint density at radius 2 is 0.720 bits per heavy atom. The number of rotatable bonds is 12. The first kappa shape index (κ1) is 67.7. The van der Waals surface area contributed by atoms with E-state index in [9.17, 15) is 9.90 Å². The summed E-state index contributed by atoms with van der Waals surface area (Å²) < 4.78 is 20.1. The third-order valence-electron chi connectivity index (χ3n) is 20.3. The molecule has 5 amide bonds. The van der Waals surface area contributed by atoms with Crippen molar-refractivity contribution in [2.75, 3.05) is 34.4 Å². The van der Waals surface area contributed by atoms with Crippen LogP contribution in [-0.2, 0) is 53.5 Å². The number of hydrogen-bond donors (Lipinski definition) is 8. The molecule has 0 aromatic heterocycles. The minimum absolute atomic E-state index is 0.00698. The molecule has 3 aliphatic carbocycles. The Morgan fingerprint density at radius 1 is 0.387 bits per heavy atom. The van der Waals surface area contributed by atoms with E-state index in [4.69, 9.17) is 14.2 Å². The highest BCUT2D eigenvalue weighted by Gasteiger charge is 2.42. The van der Waals surface area contributed by atoms with E-state index in [1.165, 1.54) is 0 Å². The van der Waals surface area contributed by atoms with Crippen LogP contribution >= 0.6 is 0 Å². The van der Waals surface area contributed by atoms with Crippen LogP contribution in [0, 0.1) is 53.3 Å². The highest BCUT2D eigenvalue weighted by atomic mass is 16.5. The van der Waals surface area contributed by atoms with Gasteiger partial charge in [-0.3, -0.25) is 24.0 Å². The van der Waals surface area contributed by atoms with E-state index in [2.05, 4.69) is 85.7 Å². The van der Waals surface area contributed by atoms with Gasteiger partial charge < -0.3 is 56.5 Å². The predicted octanol–water partition coefficient (Wildman–Crippen LogP) is 13.3. The van der Waals surface area contributed by atoms with Gasteiger partial charge in [0.05, 0.1) is 40.0 Å². The Kier molecular flexibility index (Phi) is 22.7. The van der Waals surface area contributed by atoms with Gasteiger partial charge >= 0.3 is 0 Å². The zero-order chi connectivity index (χ0) is 65.9. The Bertz CT molecular complexity index is 3570. The number of nitrogens with one attached hydrogen (secondary N) is 7. The largest absolute Gasteiger partial charge is 0.486 e. The molecule has 3 unspecified atom stereocenters. The lowest BCUT2D eigenvalue weighted by Gasteiger charge is -2.39. The SMILES string of the molecule is CCc1cc2c(OCc3ccccc3)c(c1)NC(=O)[C@@H]1C[C@H](NC(=O)c3cc(CC)cc(c3OCc3ccccc3)NC(=O)C3C[C@H](NC(=O)c4cc(CC)cc(c4OCc4ccccc4)NC(=O)C4C[C@H](NCC(O)CN2)[C@@H](C)C[C@H]4C)[C@@H](C)C[C@H]3C)[C@@H](C)C[C@H]1C. The van der Waals surface area contributed by atoms with Crippen LogP contribution in [0.15, 0.2) is 127 Å². The normalized spacial score (nSPS) is 26.6. The average Bonchev–Trinajstić information content (AvgIpc) is 1.44. The smallest absolute Gasteiger partial charge is 0.255 e. The zero-order valence-corrected chi connectivity index (χ0v) is 55.7. The van der Waals surface area contributed by atoms with Crippen molar-refractivity contribution in [1.82, 2.24) is 16.0 Å². The summed E-state index contributed by atoms with van der Waals surface area (Å²) in [6.45, 7) is 19.6. The van der Waals surface area contributed by atoms with E-state index in [0.29, 0.717) is 79.9 Å². The summed E-state index contributed by atoms with van der Waals surface area (Å²) in [5, 5.41) is 35.6. The maximum Gasteiger partial charge on any atom is 0.255 e. The second-order valence-corrected chi connectivity index (χ2v) is 27.2. The summed E-state index contributed by atoms with van der Waals surface area (Å²) in [5.41, 5.74) is 7.74. The van der Waals surface area contributed by atoms with Crippen molar-refractivity contribution in [3.8, 4) is 17.2 Å². The summed E-state index contributed by atoms with van der Waals surface area (Å²) in [6, 6.07) is 39.7. The number of benzene rings is 6. The summed E-state index contributed by atoms with van der Waals surface area (Å²) >= 11 is 0. The monoisotopic (exact) mass is 1260 g/mol. The number of ether oxygens (including phenoxy) is 3. The van der Waals surface area contributed by atoms with E-state index in [1.807, 2.05) is 141 Å². The van der Waals surface area contributed by atoms with Gasteiger partial charge in [0, 0.05) is 49.0 Å². The number of amides is 5. The van der Waals surface area contributed by atoms with Crippen molar-refractivity contribution < 1.29 is 43.3 Å². The maximum absolute atomic E-state index is 15.2. The molecule has 0 saturated heterocycles. The van der Waals surface area contributed by atoms with Crippen LogP contribution in [0.25, 0.3) is 0 Å². The molecule has 6 aromatic rings. The number of carbonyl (C=O) groups is 5. The third kappa shape index (κ3) is 16.8. The second-order valence-electron chi connectivity index (χ2n) is 27.2. The van der Waals surface area contributed by atoms with E-state index in [0.717, 1.165) is 39.8 Å². The molecule has 4 aliphatic rings. The minimum atomic E-state index is -0.861. The quantitative estimate of drug-likeness (QED) is 0.0576. The van der Waals surface area contributed by atoms with E-state index >= 15 is 19.2 Å². The Morgan fingerprint density at radius 3 is 1.11 bits per heavy atom. The fourth-order valence-electron chi connectivity index (χ4n) is 14.6. The molecule has 16 heteroatoms. The van der Waals surface area contributed by atoms with Crippen LogP contribution < -0.4 is 51.4 Å². The van der Waals surface area contributed by atoms with Crippen LogP contribution in [0.1, 0.15) is 155 Å². The molecule has 0 spiro atoms. The molecule has 3 saturated carbocycles. The van der Waals surface area contributed by atoms with Crippen LogP contribution in [0.2, 0.25) is 0 Å². The van der Waals surface area contributed by atoms with Gasteiger partial charge in [0.25, 0.3) is 11.8 Å². The topological polar surface area (TPSA) is 217 Å². The van der Waals surface area contributed by atoms with Gasteiger partial charge in [-0.1, -0.05) is 153 Å². The van der Waals surface area contributed by atoms with Gasteiger partial charge in [0.2, 0.25) is 17.7 Å². The van der Waals surface area contributed by atoms with Crippen molar-refractivity contribution in [2.45, 2.75) is 164 Å². The Balaban J connectivity index is 1.03. The van der Waals surface area contributed by atoms with Crippen molar-refractivity contribution in [3.05, 3.63) is 172 Å². The van der Waals surface area contributed by atoms with Crippen LogP contribution in [-0.4, -0.2) is 72.0 Å². The van der Waals surface area contributed by atoms with Gasteiger partial charge in [-0.15, -0.1) is 0 Å². The van der Waals surface area contributed by atoms with E-state index < -0.39 is 35.9 Å². The molecule has 0 radical (unpaired) electrons. The highest BCUT2D eigenvalue weighted by molar-refractivity contribution is 6.04. The molecule has 10 rings (SSSR count). The summed E-state index contributed by atoms with van der Waals surface area (Å²) in [4.78, 5) is 75.5. The number of hydrogen-bond acceptors (Lipinski definition) is 11. The lowest BCUT2D eigenvalue weighted by Crippen LogP contribution is -2.48. The van der Waals surface area contributed by atoms with E-state index in [1.54, 1.807) is 0 Å². The Labute approximate surface area is 549 Å². The molecule has 1 heterocycles. The molecule has 93 heavy (non-hydrogen) atoms. The van der Waals surface area contributed by atoms with Gasteiger partial charge in [0.1, 0.15) is 19.8 Å². The predicted molar refractivity (Wildman–Crippen MR) is 368 cm³/mol. The number of fused-ring (bicyclic) bond motifs is 12. The van der Waals surface area contributed by atoms with Crippen LogP contribution in [0.4, 0.5) is 22.7 Å². The molecular formula is C77H97N7O9. The number of aryl methyl sites for hydroxylation is 3. The number of carbonyl (C=O) groups excluding carboxylic acids is 5. The van der Waals surface area contributed by atoms with Gasteiger partial charge in [-0.25, -0.2) is 0 Å². The van der Waals surface area contributed by atoms with Crippen molar-refractivity contribution in [1.29, 1.82) is 0 Å². The fraction of sp³-hybridized carbons (Fsp3) is 0.468. The molecule has 12 bridgehead atoms. The molecule has 494 valence electrons. The van der Waals surface area contributed by atoms with Crippen LogP contribution in [0.5, 0.6) is 17.2 Å². The summed E-state index contributed by atoms with van der Waals surface area (Å²) in [7, 11) is 0. The van der Waals surface area contributed by atoms with Crippen molar-refractivity contribution in [3.63, 3.8) is 0 Å². The van der Waals surface area contributed by atoms with E-state index in [-0.39, 0.29) is 127 Å². The molecule has 8 N–H and O–H groups in total. The molecule has 1 aliphatic heterocycles. The summed E-state index contributed by atoms with van der Waals surface area (Å²) in [6.07, 6.45) is 4.22. The zero-order valence-electron chi connectivity index (χ0n) is 55.7. The Hall–Kier alpha value is -8.21. The second kappa shape index (κ2) is 31.1. The van der Waals surface area contributed by atoms with Crippen molar-refractivity contribution in [2.24, 2.45) is 53.3 Å². The average molecular weight is 1260 g/mol. The first-order valence-corrected chi connectivity index (χ1v) is 34.1. The molecule has 3 fully saturated rings. The van der Waals surface area contributed by atoms with Crippen molar-refractivity contribution >= 4 is 52.3 Å². The number of β-amino-alcohol motifs (C(OH)–C–C–N with tert-alkyl or cyclic N) is 1. The first-order chi connectivity index (χ1) is 44.9. The lowest BCUT2D eigenvalue weighted by molar-refractivity contribution is -0.123. The minimum Gasteiger partial charge on any atom is -0.486 e. The lowest BCUT2D eigenvalue weighted by atomic mass is 9.72.